The van der Waals surface area contributed by atoms with Crippen LogP contribution in [0.4, 0.5) is 16.3 Å². The van der Waals surface area contributed by atoms with Crippen LogP contribution in [0.2, 0.25) is 0 Å². The van der Waals surface area contributed by atoms with Gasteiger partial charge in [0.15, 0.2) is 12.0 Å². The molecule has 6 heteroatoms. The average Bonchev–Trinajstić information content (AvgIpc) is 2.83. The van der Waals surface area contributed by atoms with Gasteiger partial charge >= 0.3 is 0 Å². The van der Waals surface area contributed by atoms with E-state index in [1.807, 2.05) is 6.92 Å². The molecule has 0 amide bonds. The number of fused-ring (bicyclic) bond motifs is 1. The molecule has 2 unspecified atom stereocenters. The highest BCUT2D eigenvalue weighted by Gasteiger charge is 2.30. The number of anilines is 2. The lowest BCUT2D eigenvalue weighted by atomic mass is 10.0. The highest BCUT2D eigenvalue weighted by Crippen LogP contribution is 2.38. The monoisotopic (exact) mass is 329 g/mol. The van der Waals surface area contributed by atoms with E-state index in [0.717, 1.165) is 12.8 Å². The number of nitrogen functional groups attached to an aromatic ring is 1. The molecule has 128 valence electrons. The van der Waals surface area contributed by atoms with E-state index in [9.17, 15) is 4.39 Å². The number of hydrogen-bond acceptors (Lipinski definition) is 5. The lowest BCUT2D eigenvalue weighted by Gasteiger charge is -2.19. The van der Waals surface area contributed by atoms with Gasteiger partial charge in [-0.1, -0.05) is 44.0 Å². The number of hydrogen-bond donors (Lipinski definition) is 2. The zero-order valence-corrected chi connectivity index (χ0v) is 14.4. The first-order chi connectivity index (χ1) is 11.5. The highest BCUT2D eigenvalue weighted by atomic mass is 19.1. The minimum atomic E-state index is -1.21. The van der Waals surface area contributed by atoms with E-state index in [0.29, 0.717) is 18.3 Å². The molecule has 3 N–H and O–H groups in total. The van der Waals surface area contributed by atoms with Gasteiger partial charge in [0.2, 0.25) is 11.9 Å². The van der Waals surface area contributed by atoms with Crippen LogP contribution in [0.15, 0.2) is 18.2 Å². The van der Waals surface area contributed by atoms with Gasteiger partial charge in [-0.25, -0.2) is 4.39 Å². The number of halogens is 1. The summed E-state index contributed by atoms with van der Waals surface area (Å²) in [5, 5.41) is 3.34. The lowest BCUT2D eigenvalue weighted by Crippen LogP contribution is -2.18. The quantitative estimate of drug-likeness (QED) is 0.869. The summed E-state index contributed by atoms with van der Waals surface area (Å²) >= 11 is 0. The molecule has 0 saturated heterocycles. The summed E-state index contributed by atoms with van der Waals surface area (Å²) in [6, 6.07) is 6.59. The Hall–Kier alpha value is -2.24. The van der Waals surface area contributed by atoms with Crippen molar-refractivity contribution in [2.45, 2.75) is 52.2 Å². The molecule has 1 aliphatic rings. The molecule has 1 aliphatic carbocycles. The van der Waals surface area contributed by atoms with Crippen molar-refractivity contribution in [3.8, 4) is 0 Å². The SMILES string of the molecule is CCCC(F)c1nc(N)nc(NC2c3cc(C)ccc3C[C@@H]2C)n1. The largest absolute Gasteiger partial charge is 0.368 e. The maximum Gasteiger partial charge on any atom is 0.228 e. The second-order valence-corrected chi connectivity index (χ2v) is 6.64. The van der Waals surface area contributed by atoms with Gasteiger partial charge in [-0.2, -0.15) is 15.0 Å². The molecule has 2 aromatic rings. The predicted octanol–water partition coefficient (Wildman–Crippen LogP) is 3.92. The van der Waals surface area contributed by atoms with Crippen LogP contribution in [0, 0.1) is 12.8 Å². The summed E-state index contributed by atoms with van der Waals surface area (Å²) < 4.78 is 14.1. The van der Waals surface area contributed by atoms with E-state index >= 15 is 0 Å². The molecule has 1 heterocycles. The second-order valence-electron chi connectivity index (χ2n) is 6.64. The molecule has 24 heavy (non-hydrogen) atoms. The normalized spacial score (nSPS) is 20.7. The fourth-order valence-corrected chi connectivity index (χ4v) is 3.32. The number of alkyl halides is 1. The summed E-state index contributed by atoms with van der Waals surface area (Å²) in [4.78, 5) is 12.3. The predicted molar refractivity (Wildman–Crippen MR) is 93.4 cm³/mol. The van der Waals surface area contributed by atoms with Crippen molar-refractivity contribution in [2.24, 2.45) is 5.92 Å². The van der Waals surface area contributed by atoms with Crippen LogP contribution >= 0.6 is 0 Å². The molecule has 0 radical (unpaired) electrons. The van der Waals surface area contributed by atoms with E-state index < -0.39 is 6.17 Å². The second kappa shape index (κ2) is 6.71. The van der Waals surface area contributed by atoms with Crippen molar-refractivity contribution in [1.29, 1.82) is 0 Å². The van der Waals surface area contributed by atoms with Gasteiger partial charge in [0.25, 0.3) is 0 Å². The summed E-state index contributed by atoms with van der Waals surface area (Å²) in [7, 11) is 0. The number of nitrogens with one attached hydrogen (secondary N) is 1. The fraction of sp³-hybridized carbons (Fsp3) is 0.500. The van der Waals surface area contributed by atoms with Gasteiger partial charge in [0.1, 0.15) is 0 Å². The van der Waals surface area contributed by atoms with Gasteiger partial charge in [-0.05, 0) is 36.8 Å². The van der Waals surface area contributed by atoms with Crippen LogP contribution < -0.4 is 11.1 Å². The van der Waals surface area contributed by atoms with Crippen LogP contribution in [0.25, 0.3) is 0 Å². The Balaban J connectivity index is 1.88. The average molecular weight is 329 g/mol. The molecule has 3 atom stereocenters. The number of nitrogens with zero attached hydrogens (tertiary/aromatic N) is 3. The number of nitrogens with two attached hydrogens (primary N) is 1. The Kier molecular flexibility index (Phi) is 4.64. The number of rotatable bonds is 5. The molecule has 0 aliphatic heterocycles. The maximum absolute atomic E-state index is 14.1. The first-order valence-corrected chi connectivity index (χ1v) is 8.49. The molecule has 3 rings (SSSR count). The molecule has 0 spiro atoms. The summed E-state index contributed by atoms with van der Waals surface area (Å²) in [5.41, 5.74) is 9.56. The van der Waals surface area contributed by atoms with Gasteiger partial charge in [-0.15, -0.1) is 0 Å². The summed E-state index contributed by atoms with van der Waals surface area (Å²) in [6.45, 7) is 6.20. The van der Waals surface area contributed by atoms with Crippen molar-refractivity contribution in [2.75, 3.05) is 11.1 Å². The van der Waals surface area contributed by atoms with Crippen molar-refractivity contribution >= 4 is 11.9 Å². The van der Waals surface area contributed by atoms with E-state index in [4.69, 9.17) is 5.73 Å². The van der Waals surface area contributed by atoms with Crippen molar-refractivity contribution in [3.63, 3.8) is 0 Å². The smallest absolute Gasteiger partial charge is 0.228 e. The van der Waals surface area contributed by atoms with Gasteiger partial charge in [0.05, 0.1) is 6.04 Å². The molecular weight excluding hydrogens is 305 g/mol. The Morgan fingerprint density at radius 2 is 2.12 bits per heavy atom. The third kappa shape index (κ3) is 3.32. The standard InChI is InChI=1S/C18H24FN5/c1-4-5-14(19)16-22-17(20)24-18(23-16)21-15-11(3)9-12-7-6-10(2)8-13(12)15/h6-8,11,14-15H,4-5,9H2,1-3H3,(H3,20,21,22,23,24)/t11-,14?,15?/m0/s1. The van der Waals surface area contributed by atoms with E-state index in [1.54, 1.807) is 0 Å². The molecule has 0 saturated carbocycles. The minimum Gasteiger partial charge on any atom is -0.368 e. The van der Waals surface area contributed by atoms with Crippen molar-refractivity contribution in [1.82, 2.24) is 15.0 Å². The maximum atomic E-state index is 14.1. The molecule has 0 fully saturated rings. The Bertz CT molecular complexity index is 733. The molecule has 1 aromatic heterocycles. The first-order valence-electron chi connectivity index (χ1n) is 8.49. The first kappa shape index (κ1) is 16.6. The lowest BCUT2D eigenvalue weighted by molar-refractivity contribution is 0.305. The molecule has 1 aromatic carbocycles. The fourth-order valence-electron chi connectivity index (χ4n) is 3.32. The topological polar surface area (TPSA) is 76.7 Å². The van der Waals surface area contributed by atoms with Gasteiger partial charge in [-0.3, -0.25) is 0 Å². The molecule has 0 bridgehead atoms. The highest BCUT2D eigenvalue weighted by molar-refractivity contribution is 5.44. The van der Waals surface area contributed by atoms with E-state index in [2.05, 4.69) is 52.3 Å². The number of aryl methyl sites for hydroxylation is 1. The summed E-state index contributed by atoms with van der Waals surface area (Å²) in [5.74, 6) is 0.917. The zero-order chi connectivity index (χ0) is 17.3. The van der Waals surface area contributed by atoms with Crippen LogP contribution in [0.3, 0.4) is 0 Å². The third-order valence-corrected chi connectivity index (χ3v) is 4.52. The third-order valence-electron chi connectivity index (χ3n) is 4.52. The van der Waals surface area contributed by atoms with Crippen molar-refractivity contribution in [3.05, 3.63) is 40.7 Å². The van der Waals surface area contributed by atoms with Crippen LogP contribution in [-0.4, -0.2) is 15.0 Å². The van der Waals surface area contributed by atoms with E-state index in [-0.39, 0.29) is 17.8 Å². The minimum absolute atomic E-state index is 0.0522. The van der Waals surface area contributed by atoms with Crippen molar-refractivity contribution < 1.29 is 4.39 Å². The van der Waals surface area contributed by atoms with E-state index in [1.165, 1.54) is 16.7 Å². The Labute approximate surface area is 141 Å². The Morgan fingerprint density at radius 3 is 2.88 bits per heavy atom. The van der Waals surface area contributed by atoms with Crippen LogP contribution in [0.5, 0.6) is 0 Å². The van der Waals surface area contributed by atoms with Crippen LogP contribution in [0.1, 0.15) is 61.4 Å². The molecule has 5 nitrogen and oxygen atoms in total. The molecular formula is C18H24FN5. The Morgan fingerprint density at radius 1 is 1.33 bits per heavy atom. The summed E-state index contributed by atoms with van der Waals surface area (Å²) in [6.07, 6.45) is 0.894. The van der Waals surface area contributed by atoms with Gasteiger partial charge < -0.3 is 11.1 Å². The zero-order valence-electron chi connectivity index (χ0n) is 14.4. The number of aromatic nitrogens is 3. The van der Waals surface area contributed by atoms with Crippen LogP contribution in [-0.2, 0) is 6.42 Å². The number of benzene rings is 1. The van der Waals surface area contributed by atoms with Gasteiger partial charge in [0, 0.05) is 0 Å².